The fraction of sp³-hybridized carbons (Fsp3) is 0.897. The zero-order chi connectivity index (χ0) is 26.0. The minimum atomic E-state index is -0.0703. The zero-order valence-corrected chi connectivity index (χ0v) is 23.4. The van der Waals surface area contributed by atoms with Gasteiger partial charge in [0.15, 0.2) is 0 Å². The van der Waals surface area contributed by atoms with Gasteiger partial charge in [0.05, 0.1) is 6.04 Å². The summed E-state index contributed by atoms with van der Waals surface area (Å²) in [7, 11) is 1.82. The maximum absolute atomic E-state index is 11.9. The Bertz CT molecular complexity index is 525. The number of nitrogens with one attached hydrogen (secondary N) is 3. The van der Waals surface area contributed by atoms with Crippen LogP contribution in [-0.2, 0) is 14.4 Å². The fourth-order valence-corrected chi connectivity index (χ4v) is 4.37. The van der Waals surface area contributed by atoms with Crippen LogP contribution in [0.2, 0.25) is 0 Å². The quantitative estimate of drug-likeness (QED) is 0.124. The molecule has 35 heavy (non-hydrogen) atoms. The second-order valence-corrected chi connectivity index (χ2v) is 9.95. The minimum Gasteiger partial charge on any atom is -0.356 e. The molecule has 0 aromatic carbocycles. The summed E-state index contributed by atoms with van der Waals surface area (Å²) in [4.78, 5) is 35.6. The van der Waals surface area contributed by atoms with Crippen molar-refractivity contribution in [2.24, 2.45) is 0 Å². The molecule has 0 bridgehead atoms. The van der Waals surface area contributed by atoms with Gasteiger partial charge in [-0.2, -0.15) is 0 Å². The Morgan fingerprint density at radius 2 is 1.03 bits per heavy atom. The van der Waals surface area contributed by atoms with Crippen LogP contribution in [0.5, 0.6) is 0 Å². The van der Waals surface area contributed by atoms with Gasteiger partial charge in [-0.05, 0) is 39.2 Å². The second kappa shape index (κ2) is 25.7. The van der Waals surface area contributed by atoms with Gasteiger partial charge >= 0.3 is 0 Å². The SMILES string of the molecule is CCCCCCCCCCCCCCCC(=O)NCCCC(=O)NCCCCC(NC)C(=O)CC. The summed E-state index contributed by atoms with van der Waals surface area (Å²) in [6.07, 6.45) is 21.9. The van der Waals surface area contributed by atoms with Crippen molar-refractivity contribution in [2.75, 3.05) is 20.1 Å². The zero-order valence-electron chi connectivity index (χ0n) is 23.4. The number of hydrogen-bond donors (Lipinski definition) is 3. The van der Waals surface area contributed by atoms with Crippen molar-refractivity contribution in [3.05, 3.63) is 0 Å². The van der Waals surface area contributed by atoms with Crippen LogP contribution in [-0.4, -0.2) is 43.8 Å². The highest BCUT2D eigenvalue weighted by Gasteiger charge is 2.13. The largest absolute Gasteiger partial charge is 0.356 e. The summed E-state index contributed by atoms with van der Waals surface area (Å²) in [6.45, 7) is 5.35. The molecule has 0 radical (unpaired) electrons. The van der Waals surface area contributed by atoms with E-state index in [0.717, 1.165) is 32.1 Å². The molecule has 0 aromatic heterocycles. The number of rotatable bonds is 26. The molecule has 6 nitrogen and oxygen atoms in total. The van der Waals surface area contributed by atoms with Crippen LogP contribution in [0.4, 0.5) is 0 Å². The molecule has 0 aliphatic heterocycles. The molecule has 0 aliphatic rings. The summed E-state index contributed by atoms with van der Waals surface area (Å²) in [6, 6.07) is -0.0703. The highest BCUT2D eigenvalue weighted by molar-refractivity contribution is 5.83. The predicted molar refractivity (Wildman–Crippen MR) is 148 cm³/mol. The van der Waals surface area contributed by atoms with Crippen LogP contribution in [0.25, 0.3) is 0 Å². The number of likely N-dealkylation sites (N-methyl/N-ethyl adjacent to an activating group) is 1. The summed E-state index contributed by atoms with van der Waals surface area (Å²) in [5.74, 6) is 0.382. The lowest BCUT2D eigenvalue weighted by atomic mass is 10.0. The van der Waals surface area contributed by atoms with E-state index in [1.54, 1.807) is 0 Å². The van der Waals surface area contributed by atoms with E-state index in [9.17, 15) is 14.4 Å². The Morgan fingerprint density at radius 1 is 0.571 bits per heavy atom. The third-order valence-electron chi connectivity index (χ3n) is 6.74. The first-order valence-corrected chi connectivity index (χ1v) is 14.8. The third kappa shape index (κ3) is 22.8. The predicted octanol–water partition coefficient (Wildman–Crippen LogP) is 6.22. The number of amides is 2. The molecule has 0 saturated heterocycles. The first-order chi connectivity index (χ1) is 17.0. The molecule has 0 fully saturated rings. The van der Waals surface area contributed by atoms with Crippen LogP contribution >= 0.6 is 0 Å². The molecule has 1 unspecified atom stereocenters. The van der Waals surface area contributed by atoms with Crippen molar-refractivity contribution in [1.29, 1.82) is 0 Å². The third-order valence-corrected chi connectivity index (χ3v) is 6.74. The van der Waals surface area contributed by atoms with E-state index < -0.39 is 0 Å². The lowest BCUT2D eigenvalue weighted by Crippen LogP contribution is -2.33. The number of carbonyl (C=O) groups excluding carboxylic acids is 3. The Labute approximate surface area is 216 Å². The second-order valence-electron chi connectivity index (χ2n) is 9.95. The lowest BCUT2D eigenvalue weighted by Gasteiger charge is -2.13. The van der Waals surface area contributed by atoms with Crippen LogP contribution in [0.15, 0.2) is 0 Å². The fourth-order valence-electron chi connectivity index (χ4n) is 4.37. The molecule has 0 saturated carbocycles. The van der Waals surface area contributed by atoms with Crippen molar-refractivity contribution < 1.29 is 14.4 Å². The molecule has 0 rings (SSSR count). The van der Waals surface area contributed by atoms with E-state index in [4.69, 9.17) is 0 Å². The summed E-state index contributed by atoms with van der Waals surface area (Å²) in [5.41, 5.74) is 0. The molecule has 2 amide bonds. The van der Waals surface area contributed by atoms with E-state index in [0.29, 0.717) is 38.8 Å². The van der Waals surface area contributed by atoms with E-state index in [1.807, 2.05) is 14.0 Å². The van der Waals surface area contributed by atoms with Crippen molar-refractivity contribution in [3.8, 4) is 0 Å². The van der Waals surface area contributed by atoms with Crippen LogP contribution in [0.3, 0.4) is 0 Å². The molecule has 0 aliphatic carbocycles. The average molecular weight is 496 g/mol. The number of unbranched alkanes of at least 4 members (excludes halogenated alkanes) is 13. The van der Waals surface area contributed by atoms with Crippen molar-refractivity contribution in [2.45, 2.75) is 148 Å². The maximum atomic E-state index is 11.9. The summed E-state index contributed by atoms with van der Waals surface area (Å²) >= 11 is 0. The molecule has 0 heterocycles. The van der Waals surface area contributed by atoms with Gasteiger partial charge < -0.3 is 16.0 Å². The standard InChI is InChI=1S/C29H57N3O3/c1-4-6-7-8-9-10-11-12-13-14-15-16-17-22-28(34)32-25-20-23-29(35)31-24-19-18-21-26(30-3)27(33)5-2/h26,30H,4-25H2,1-3H3,(H,31,35)(H,32,34). The van der Waals surface area contributed by atoms with Gasteiger partial charge in [-0.1, -0.05) is 90.9 Å². The van der Waals surface area contributed by atoms with Crippen molar-refractivity contribution in [1.82, 2.24) is 16.0 Å². The van der Waals surface area contributed by atoms with E-state index in [1.165, 1.54) is 70.6 Å². The van der Waals surface area contributed by atoms with Crippen LogP contribution in [0.1, 0.15) is 142 Å². The van der Waals surface area contributed by atoms with Gasteiger partial charge in [0.25, 0.3) is 0 Å². The molecule has 0 aromatic rings. The number of Topliss-reactive ketones (excluding diaryl/α,β-unsaturated/α-hetero) is 1. The van der Waals surface area contributed by atoms with E-state index >= 15 is 0 Å². The Kier molecular flexibility index (Phi) is 24.6. The monoisotopic (exact) mass is 495 g/mol. The van der Waals surface area contributed by atoms with Gasteiger partial charge in [-0.25, -0.2) is 0 Å². The normalized spacial score (nSPS) is 11.9. The highest BCUT2D eigenvalue weighted by atomic mass is 16.2. The topological polar surface area (TPSA) is 87.3 Å². The lowest BCUT2D eigenvalue weighted by molar-refractivity contribution is -0.123. The Balaban J connectivity index is 3.42. The number of ketones is 1. The summed E-state index contributed by atoms with van der Waals surface area (Å²) in [5, 5.41) is 8.92. The summed E-state index contributed by atoms with van der Waals surface area (Å²) < 4.78 is 0. The minimum absolute atomic E-state index is 0.0329. The first-order valence-electron chi connectivity index (χ1n) is 14.8. The maximum Gasteiger partial charge on any atom is 0.220 e. The van der Waals surface area contributed by atoms with Gasteiger partial charge in [-0.15, -0.1) is 0 Å². The van der Waals surface area contributed by atoms with Gasteiger partial charge in [-0.3, -0.25) is 14.4 Å². The average Bonchev–Trinajstić information content (AvgIpc) is 2.86. The van der Waals surface area contributed by atoms with Gasteiger partial charge in [0, 0.05) is 32.4 Å². The molecule has 1 atom stereocenters. The molecule has 0 spiro atoms. The molecule has 206 valence electrons. The molecular formula is C29H57N3O3. The van der Waals surface area contributed by atoms with Gasteiger partial charge in [0.2, 0.25) is 11.8 Å². The molecule has 6 heteroatoms. The molecular weight excluding hydrogens is 438 g/mol. The highest BCUT2D eigenvalue weighted by Crippen LogP contribution is 2.13. The first kappa shape index (κ1) is 33.6. The Morgan fingerprint density at radius 3 is 1.51 bits per heavy atom. The molecule has 3 N–H and O–H groups in total. The van der Waals surface area contributed by atoms with Crippen molar-refractivity contribution in [3.63, 3.8) is 0 Å². The number of hydrogen-bond acceptors (Lipinski definition) is 4. The van der Waals surface area contributed by atoms with Crippen LogP contribution < -0.4 is 16.0 Å². The Hall–Kier alpha value is -1.43. The number of carbonyl (C=O) groups is 3. The van der Waals surface area contributed by atoms with E-state index in [-0.39, 0.29) is 23.6 Å². The van der Waals surface area contributed by atoms with E-state index in [2.05, 4.69) is 22.9 Å². The smallest absolute Gasteiger partial charge is 0.220 e. The van der Waals surface area contributed by atoms with Gasteiger partial charge in [0.1, 0.15) is 5.78 Å². The van der Waals surface area contributed by atoms with Crippen LogP contribution in [0, 0.1) is 0 Å². The van der Waals surface area contributed by atoms with Crippen molar-refractivity contribution >= 4 is 17.6 Å².